The van der Waals surface area contributed by atoms with Gasteiger partial charge in [-0.05, 0) is 26.0 Å². The number of hydrogen-bond acceptors (Lipinski definition) is 4. The summed E-state index contributed by atoms with van der Waals surface area (Å²) in [4.78, 5) is 0.113. The number of aryl methyl sites for hydroxylation is 1. The van der Waals surface area contributed by atoms with Gasteiger partial charge in [-0.25, -0.2) is 8.42 Å². The van der Waals surface area contributed by atoms with Crippen LogP contribution in [0.5, 0.6) is 0 Å². The van der Waals surface area contributed by atoms with Gasteiger partial charge in [-0.2, -0.15) is 5.26 Å². The summed E-state index contributed by atoms with van der Waals surface area (Å²) in [7, 11) is -3.79. The molecule has 1 aromatic rings. The Bertz CT molecular complexity index is 623. The SMILES string of the molecule is CC(=S)N/C=C(/C#N)S(=O)(=O)c1ccc(C)cc1. The van der Waals surface area contributed by atoms with Gasteiger partial charge in [-0.3, -0.25) is 0 Å². The summed E-state index contributed by atoms with van der Waals surface area (Å²) in [6, 6.07) is 7.97. The fourth-order valence-corrected chi connectivity index (χ4v) is 2.32. The van der Waals surface area contributed by atoms with E-state index in [-0.39, 0.29) is 9.80 Å². The normalized spacial score (nSPS) is 11.7. The molecule has 4 nitrogen and oxygen atoms in total. The van der Waals surface area contributed by atoms with Gasteiger partial charge in [0.2, 0.25) is 9.84 Å². The maximum Gasteiger partial charge on any atom is 0.218 e. The summed E-state index contributed by atoms with van der Waals surface area (Å²) in [6.45, 7) is 3.45. The van der Waals surface area contributed by atoms with E-state index < -0.39 is 9.84 Å². The molecule has 0 amide bonds. The van der Waals surface area contributed by atoms with Crippen LogP contribution in [-0.4, -0.2) is 13.4 Å². The largest absolute Gasteiger partial charge is 0.355 e. The van der Waals surface area contributed by atoms with Gasteiger partial charge in [0, 0.05) is 6.20 Å². The van der Waals surface area contributed by atoms with Crippen molar-refractivity contribution in [3.8, 4) is 6.07 Å². The van der Waals surface area contributed by atoms with Crippen LogP contribution in [-0.2, 0) is 9.84 Å². The third-order valence-corrected chi connectivity index (χ3v) is 3.94. The number of sulfone groups is 1. The summed E-state index contributed by atoms with van der Waals surface area (Å²) >= 11 is 4.76. The molecule has 0 aliphatic rings. The van der Waals surface area contributed by atoms with E-state index in [1.165, 1.54) is 12.1 Å². The van der Waals surface area contributed by atoms with Crippen molar-refractivity contribution >= 4 is 27.0 Å². The first kappa shape index (κ1) is 14.4. The van der Waals surface area contributed by atoms with Gasteiger partial charge >= 0.3 is 0 Å². The average molecular weight is 280 g/mol. The molecule has 0 saturated heterocycles. The second-order valence-corrected chi connectivity index (χ2v) is 6.17. The molecule has 1 N–H and O–H groups in total. The Morgan fingerprint density at radius 1 is 1.39 bits per heavy atom. The molecule has 0 heterocycles. The molecular formula is C12H12N2O2S2. The predicted octanol–water partition coefficient (Wildman–Crippen LogP) is 2.07. The predicted molar refractivity (Wildman–Crippen MR) is 73.5 cm³/mol. The highest BCUT2D eigenvalue weighted by molar-refractivity contribution is 7.95. The van der Waals surface area contributed by atoms with Crippen LogP contribution >= 0.6 is 12.2 Å². The summed E-state index contributed by atoms with van der Waals surface area (Å²) in [5.41, 5.74) is 0.948. The van der Waals surface area contributed by atoms with E-state index in [4.69, 9.17) is 17.5 Å². The van der Waals surface area contributed by atoms with Crippen LogP contribution in [0.25, 0.3) is 0 Å². The van der Waals surface area contributed by atoms with Crippen LogP contribution in [0.2, 0.25) is 0 Å². The van der Waals surface area contributed by atoms with E-state index in [1.54, 1.807) is 25.1 Å². The fourth-order valence-electron chi connectivity index (χ4n) is 1.18. The van der Waals surface area contributed by atoms with Crippen molar-refractivity contribution in [1.29, 1.82) is 5.26 Å². The van der Waals surface area contributed by atoms with E-state index in [2.05, 4.69) is 5.32 Å². The van der Waals surface area contributed by atoms with Crippen molar-refractivity contribution in [2.75, 3.05) is 0 Å². The van der Waals surface area contributed by atoms with Gasteiger partial charge in [0.1, 0.15) is 6.07 Å². The molecule has 0 atom stereocenters. The van der Waals surface area contributed by atoms with Crippen LogP contribution in [0, 0.1) is 18.3 Å². The molecule has 0 aliphatic heterocycles. The lowest BCUT2D eigenvalue weighted by atomic mass is 10.2. The first-order valence-corrected chi connectivity index (χ1v) is 6.96. The summed E-state index contributed by atoms with van der Waals surface area (Å²) in [6.07, 6.45) is 1.11. The van der Waals surface area contributed by atoms with Crippen LogP contribution in [0.1, 0.15) is 12.5 Å². The van der Waals surface area contributed by atoms with E-state index in [0.29, 0.717) is 4.99 Å². The molecule has 0 spiro atoms. The number of thiocarbonyl (C=S) groups is 1. The van der Waals surface area contributed by atoms with Crippen LogP contribution in [0.3, 0.4) is 0 Å². The van der Waals surface area contributed by atoms with E-state index in [1.807, 2.05) is 6.92 Å². The number of hydrogen-bond donors (Lipinski definition) is 1. The first-order valence-electron chi connectivity index (χ1n) is 5.07. The molecule has 94 valence electrons. The van der Waals surface area contributed by atoms with E-state index in [9.17, 15) is 8.42 Å². The van der Waals surface area contributed by atoms with E-state index in [0.717, 1.165) is 11.8 Å². The van der Waals surface area contributed by atoms with Gasteiger partial charge in [0.15, 0.2) is 4.91 Å². The molecule has 0 radical (unpaired) electrons. The smallest absolute Gasteiger partial charge is 0.218 e. The Morgan fingerprint density at radius 3 is 2.39 bits per heavy atom. The lowest BCUT2D eigenvalue weighted by Gasteiger charge is -2.04. The van der Waals surface area contributed by atoms with Gasteiger partial charge in [-0.1, -0.05) is 29.9 Å². The topological polar surface area (TPSA) is 70.0 Å². The number of benzene rings is 1. The highest BCUT2D eigenvalue weighted by atomic mass is 32.2. The van der Waals surface area contributed by atoms with Crippen molar-refractivity contribution in [2.24, 2.45) is 0 Å². The Hall–Kier alpha value is -1.71. The Labute approximate surface area is 112 Å². The van der Waals surface area contributed by atoms with Gasteiger partial charge in [-0.15, -0.1) is 0 Å². The van der Waals surface area contributed by atoms with Crippen LogP contribution < -0.4 is 5.32 Å². The monoisotopic (exact) mass is 280 g/mol. The van der Waals surface area contributed by atoms with Crippen molar-refractivity contribution in [1.82, 2.24) is 5.32 Å². The van der Waals surface area contributed by atoms with Crippen molar-refractivity contribution in [3.63, 3.8) is 0 Å². The summed E-state index contributed by atoms with van der Waals surface area (Å²) in [5.74, 6) is 0. The maximum atomic E-state index is 12.1. The fraction of sp³-hybridized carbons (Fsp3) is 0.167. The zero-order valence-corrected chi connectivity index (χ0v) is 11.6. The zero-order valence-electron chi connectivity index (χ0n) is 9.97. The molecule has 0 unspecified atom stereocenters. The van der Waals surface area contributed by atoms with Crippen molar-refractivity contribution < 1.29 is 8.42 Å². The summed E-state index contributed by atoms with van der Waals surface area (Å²) in [5, 5.41) is 11.5. The molecule has 1 rings (SSSR count). The molecule has 0 aliphatic carbocycles. The Balaban J connectivity index is 3.20. The minimum atomic E-state index is -3.79. The quantitative estimate of drug-likeness (QED) is 0.678. The molecule has 0 aromatic heterocycles. The number of rotatable bonds is 3. The third-order valence-electron chi connectivity index (χ3n) is 2.14. The second-order valence-electron chi connectivity index (χ2n) is 3.64. The van der Waals surface area contributed by atoms with E-state index >= 15 is 0 Å². The number of nitrogens with zero attached hydrogens (tertiary/aromatic N) is 1. The minimum absolute atomic E-state index is 0.0877. The van der Waals surface area contributed by atoms with Crippen molar-refractivity contribution in [3.05, 3.63) is 40.9 Å². The molecule has 18 heavy (non-hydrogen) atoms. The van der Waals surface area contributed by atoms with Gasteiger partial charge in [0.25, 0.3) is 0 Å². The molecule has 0 fully saturated rings. The highest BCUT2D eigenvalue weighted by Crippen LogP contribution is 2.18. The second kappa shape index (κ2) is 5.76. The lowest BCUT2D eigenvalue weighted by Crippen LogP contribution is -2.13. The van der Waals surface area contributed by atoms with Gasteiger partial charge < -0.3 is 5.32 Å². The first-order chi connectivity index (χ1) is 8.37. The number of nitrogens with one attached hydrogen (secondary N) is 1. The standard InChI is InChI=1S/C12H12N2O2S2/c1-9-3-5-11(6-4-9)18(15,16)12(7-13)8-14-10(2)17/h3-6,8H,1-2H3,(H,14,17)/b12-8-. The lowest BCUT2D eigenvalue weighted by molar-refractivity contribution is 0.603. The highest BCUT2D eigenvalue weighted by Gasteiger charge is 2.20. The number of nitriles is 1. The van der Waals surface area contributed by atoms with Crippen LogP contribution in [0.15, 0.2) is 40.3 Å². The molecule has 6 heteroatoms. The molecule has 0 saturated carbocycles. The number of allylic oxidation sites excluding steroid dienone is 1. The molecule has 1 aromatic carbocycles. The van der Waals surface area contributed by atoms with Gasteiger partial charge in [0.05, 0.1) is 9.88 Å². The van der Waals surface area contributed by atoms with Crippen molar-refractivity contribution in [2.45, 2.75) is 18.7 Å². The minimum Gasteiger partial charge on any atom is -0.355 e. The third kappa shape index (κ3) is 3.39. The molecular weight excluding hydrogens is 268 g/mol. The Morgan fingerprint density at radius 2 is 1.94 bits per heavy atom. The zero-order chi connectivity index (χ0) is 13.8. The Kier molecular flexibility index (Phi) is 4.59. The molecule has 0 bridgehead atoms. The maximum absolute atomic E-state index is 12.1. The summed E-state index contributed by atoms with van der Waals surface area (Å²) < 4.78 is 24.2. The average Bonchev–Trinajstić information content (AvgIpc) is 2.29. The van der Waals surface area contributed by atoms with Crippen LogP contribution in [0.4, 0.5) is 0 Å².